The van der Waals surface area contributed by atoms with Gasteiger partial charge in [0.1, 0.15) is 11.6 Å². The van der Waals surface area contributed by atoms with Crippen molar-refractivity contribution in [1.82, 2.24) is 9.78 Å². The van der Waals surface area contributed by atoms with Crippen LogP contribution in [0.1, 0.15) is 12.6 Å². The molecule has 1 N–H and O–H groups in total. The van der Waals surface area contributed by atoms with E-state index in [1.54, 1.807) is 4.68 Å². The molecule has 0 bridgehead atoms. The number of aromatic nitrogens is 2. The van der Waals surface area contributed by atoms with Crippen molar-refractivity contribution in [3.05, 3.63) is 47.8 Å². The first-order chi connectivity index (χ1) is 8.19. The highest BCUT2D eigenvalue weighted by Gasteiger charge is 2.04. The Balaban J connectivity index is 2.02. The topological polar surface area (TPSA) is 29.9 Å². The van der Waals surface area contributed by atoms with E-state index in [0.717, 1.165) is 18.3 Å². The number of aryl methyl sites for hydroxylation is 1. The lowest BCUT2D eigenvalue weighted by molar-refractivity contribution is 0.585. The zero-order chi connectivity index (χ0) is 12.3. The highest BCUT2D eigenvalue weighted by atomic mass is 19.1. The summed E-state index contributed by atoms with van der Waals surface area (Å²) in [4.78, 5) is 0. The van der Waals surface area contributed by atoms with Crippen LogP contribution >= 0.6 is 0 Å². The van der Waals surface area contributed by atoms with Crippen molar-refractivity contribution in [1.29, 1.82) is 0 Å². The third-order valence-electron chi connectivity index (χ3n) is 2.41. The molecule has 90 valence electrons. The molecule has 1 heterocycles. The lowest BCUT2D eigenvalue weighted by atomic mass is 10.3. The Hall–Kier alpha value is -1.91. The Labute approximate surface area is 98.1 Å². The molecule has 1 aromatic heterocycles. The van der Waals surface area contributed by atoms with Crippen molar-refractivity contribution in [2.45, 2.75) is 20.0 Å². The Kier molecular flexibility index (Phi) is 3.37. The summed E-state index contributed by atoms with van der Waals surface area (Å²) in [6, 6.07) is 5.31. The van der Waals surface area contributed by atoms with E-state index in [2.05, 4.69) is 10.4 Å². The van der Waals surface area contributed by atoms with E-state index in [1.165, 1.54) is 12.1 Å². The van der Waals surface area contributed by atoms with Gasteiger partial charge in [-0.2, -0.15) is 5.10 Å². The Morgan fingerprint density at radius 2 is 2.12 bits per heavy atom. The normalized spacial score (nSPS) is 10.5. The molecule has 0 radical (unpaired) electrons. The molecular weight excluding hydrogens is 224 g/mol. The van der Waals surface area contributed by atoms with Crippen molar-refractivity contribution in [2.75, 3.05) is 5.32 Å². The standard InChI is InChI=1S/C12H13F2N3/c1-2-17-6-5-10(16-17)8-15-12-4-3-9(13)7-11(12)14/h3-7,15H,2,8H2,1H3. The van der Waals surface area contributed by atoms with Gasteiger partial charge in [-0.25, -0.2) is 8.78 Å². The molecule has 0 aliphatic heterocycles. The molecule has 0 fully saturated rings. The van der Waals surface area contributed by atoms with Crippen LogP contribution in [0.15, 0.2) is 30.5 Å². The summed E-state index contributed by atoms with van der Waals surface area (Å²) in [5.41, 5.74) is 1.09. The zero-order valence-electron chi connectivity index (χ0n) is 9.45. The lowest BCUT2D eigenvalue weighted by Gasteiger charge is -2.05. The summed E-state index contributed by atoms with van der Waals surface area (Å²) in [6.07, 6.45) is 1.86. The van der Waals surface area contributed by atoms with E-state index in [9.17, 15) is 8.78 Å². The second-order valence-electron chi connectivity index (χ2n) is 3.64. The Morgan fingerprint density at radius 1 is 1.29 bits per heavy atom. The third-order valence-corrected chi connectivity index (χ3v) is 2.41. The molecule has 0 aliphatic rings. The maximum absolute atomic E-state index is 13.3. The summed E-state index contributed by atoms with van der Waals surface area (Å²) in [6.45, 7) is 3.20. The molecule has 2 rings (SSSR count). The maximum Gasteiger partial charge on any atom is 0.149 e. The van der Waals surface area contributed by atoms with E-state index in [0.29, 0.717) is 6.54 Å². The third kappa shape index (κ3) is 2.81. The number of halogens is 2. The summed E-state index contributed by atoms with van der Waals surface area (Å²) >= 11 is 0. The quantitative estimate of drug-likeness (QED) is 0.886. The van der Waals surface area contributed by atoms with E-state index in [1.807, 2.05) is 19.2 Å². The van der Waals surface area contributed by atoms with Gasteiger partial charge in [-0.3, -0.25) is 4.68 Å². The van der Waals surface area contributed by atoms with Gasteiger partial charge in [0.05, 0.1) is 17.9 Å². The van der Waals surface area contributed by atoms with Crippen LogP contribution in [0.2, 0.25) is 0 Å². The van der Waals surface area contributed by atoms with Gasteiger partial charge < -0.3 is 5.32 Å². The molecule has 3 nitrogen and oxygen atoms in total. The van der Waals surface area contributed by atoms with Gasteiger partial charge in [-0.1, -0.05) is 0 Å². The molecule has 5 heteroatoms. The predicted molar refractivity (Wildman–Crippen MR) is 61.6 cm³/mol. The zero-order valence-corrected chi connectivity index (χ0v) is 9.45. The average molecular weight is 237 g/mol. The first kappa shape index (κ1) is 11.6. The molecule has 0 atom stereocenters. The highest BCUT2D eigenvalue weighted by Crippen LogP contribution is 2.15. The first-order valence-electron chi connectivity index (χ1n) is 5.40. The van der Waals surface area contributed by atoms with E-state index in [-0.39, 0.29) is 5.69 Å². The number of hydrogen-bond acceptors (Lipinski definition) is 2. The van der Waals surface area contributed by atoms with E-state index >= 15 is 0 Å². The average Bonchev–Trinajstić information content (AvgIpc) is 2.76. The van der Waals surface area contributed by atoms with Gasteiger partial charge in [0.15, 0.2) is 0 Å². The van der Waals surface area contributed by atoms with Gasteiger partial charge in [-0.15, -0.1) is 0 Å². The van der Waals surface area contributed by atoms with Crippen molar-refractivity contribution in [3.8, 4) is 0 Å². The van der Waals surface area contributed by atoms with Gasteiger partial charge >= 0.3 is 0 Å². The molecule has 0 spiro atoms. The van der Waals surface area contributed by atoms with Crippen molar-refractivity contribution < 1.29 is 8.78 Å². The van der Waals surface area contributed by atoms with Gasteiger partial charge in [0.2, 0.25) is 0 Å². The molecule has 0 aliphatic carbocycles. The highest BCUT2D eigenvalue weighted by molar-refractivity contribution is 5.44. The number of rotatable bonds is 4. The van der Waals surface area contributed by atoms with Crippen LogP contribution in [0.4, 0.5) is 14.5 Å². The van der Waals surface area contributed by atoms with Crippen LogP contribution in [-0.4, -0.2) is 9.78 Å². The number of nitrogens with zero attached hydrogens (tertiary/aromatic N) is 2. The van der Waals surface area contributed by atoms with Crippen LogP contribution in [0.25, 0.3) is 0 Å². The monoisotopic (exact) mass is 237 g/mol. The van der Waals surface area contributed by atoms with Crippen molar-refractivity contribution >= 4 is 5.69 Å². The van der Waals surface area contributed by atoms with E-state index < -0.39 is 11.6 Å². The van der Waals surface area contributed by atoms with Crippen LogP contribution in [-0.2, 0) is 13.1 Å². The molecule has 0 amide bonds. The largest absolute Gasteiger partial charge is 0.377 e. The number of benzene rings is 1. The summed E-state index contributed by atoms with van der Waals surface area (Å²) in [5.74, 6) is -1.18. The SMILES string of the molecule is CCn1ccc(CNc2ccc(F)cc2F)n1. The minimum atomic E-state index is -0.597. The Morgan fingerprint density at radius 3 is 2.76 bits per heavy atom. The second kappa shape index (κ2) is 4.95. The van der Waals surface area contributed by atoms with Crippen molar-refractivity contribution in [3.63, 3.8) is 0 Å². The van der Waals surface area contributed by atoms with Gasteiger partial charge in [-0.05, 0) is 25.1 Å². The molecule has 2 aromatic rings. The summed E-state index contributed by atoms with van der Waals surface area (Å²) < 4.78 is 27.8. The lowest BCUT2D eigenvalue weighted by Crippen LogP contribution is -2.03. The fourth-order valence-electron chi connectivity index (χ4n) is 1.49. The second-order valence-corrected chi connectivity index (χ2v) is 3.64. The Bertz CT molecular complexity index is 508. The van der Waals surface area contributed by atoms with Crippen LogP contribution < -0.4 is 5.32 Å². The minimum absolute atomic E-state index is 0.275. The van der Waals surface area contributed by atoms with Crippen LogP contribution in [0.3, 0.4) is 0 Å². The summed E-state index contributed by atoms with van der Waals surface area (Å²) in [7, 11) is 0. The maximum atomic E-state index is 13.3. The molecule has 0 unspecified atom stereocenters. The predicted octanol–water partition coefficient (Wildman–Crippen LogP) is 2.79. The minimum Gasteiger partial charge on any atom is -0.377 e. The fourth-order valence-corrected chi connectivity index (χ4v) is 1.49. The van der Waals surface area contributed by atoms with Gasteiger partial charge in [0, 0.05) is 18.8 Å². The number of nitrogens with one attached hydrogen (secondary N) is 1. The molecule has 0 saturated carbocycles. The number of anilines is 1. The fraction of sp³-hybridized carbons (Fsp3) is 0.250. The van der Waals surface area contributed by atoms with Crippen LogP contribution in [0.5, 0.6) is 0 Å². The number of hydrogen-bond donors (Lipinski definition) is 1. The smallest absolute Gasteiger partial charge is 0.149 e. The van der Waals surface area contributed by atoms with E-state index in [4.69, 9.17) is 0 Å². The summed E-state index contributed by atoms with van der Waals surface area (Å²) in [5, 5.41) is 7.13. The first-order valence-corrected chi connectivity index (χ1v) is 5.40. The van der Waals surface area contributed by atoms with Crippen LogP contribution in [0, 0.1) is 11.6 Å². The molecule has 17 heavy (non-hydrogen) atoms. The van der Waals surface area contributed by atoms with Gasteiger partial charge in [0.25, 0.3) is 0 Å². The molecule has 0 saturated heterocycles. The van der Waals surface area contributed by atoms with Crippen molar-refractivity contribution in [2.24, 2.45) is 0 Å². The molecule has 1 aromatic carbocycles. The molecular formula is C12H13F2N3.